The van der Waals surface area contributed by atoms with Crippen molar-refractivity contribution in [3.05, 3.63) is 69.2 Å². The first-order valence-corrected chi connectivity index (χ1v) is 10.6. The fraction of sp³-hybridized carbons (Fsp3) is 0.391. The monoisotopic (exact) mass is 434 g/mol. The van der Waals surface area contributed by atoms with E-state index < -0.39 is 6.04 Å². The van der Waals surface area contributed by atoms with Gasteiger partial charge < -0.3 is 10.2 Å². The maximum absolute atomic E-state index is 13.2. The number of amides is 2. The van der Waals surface area contributed by atoms with E-state index in [-0.39, 0.29) is 30.8 Å². The SMILES string of the molecule is CCC(C(=O)NC(C)C)N(Cc1ccc(Cl)c(Cl)c1)C(=O)Cc1ccc(C)cc1. The third kappa shape index (κ3) is 6.76. The molecular formula is C23H28Cl2N2O2. The van der Waals surface area contributed by atoms with E-state index in [9.17, 15) is 9.59 Å². The molecule has 2 rings (SSSR count). The number of nitrogens with one attached hydrogen (secondary N) is 1. The molecule has 0 saturated heterocycles. The lowest BCUT2D eigenvalue weighted by Gasteiger charge is -2.31. The zero-order valence-electron chi connectivity index (χ0n) is 17.3. The number of carbonyl (C=O) groups is 2. The number of aryl methyl sites for hydroxylation is 1. The molecule has 2 amide bonds. The van der Waals surface area contributed by atoms with Crippen molar-refractivity contribution in [1.29, 1.82) is 0 Å². The summed E-state index contributed by atoms with van der Waals surface area (Å²) in [5, 5.41) is 3.81. The molecule has 0 aliphatic carbocycles. The summed E-state index contributed by atoms with van der Waals surface area (Å²) in [4.78, 5) is 27.7. The zero-order valence-corrected chi connectivity index (χ0v) is 18.8. The van der Waals surface area contributed by atoms with Crippen LogP contribution >= 0.6 is 23.2 Å². The number of hydrogen-bond donors (Lipinski definition) is 1. The Balaban J connectivity index is 2.31. The molecule has 0 aliphatic heterocycles. The van der Waals surface area contributed by atoms with Crippen molar-refractivity contribution in [2.24, 2.45) is 0 Å². The molecule has 0 fully saturated rings. The van der Waals surface area contributed by atoms with Crippen molar-refractivity contribution in [1.82, 2.24) is 10.2 Å². The van der Waals surface area contributed by atoms with Gasteiger partial charge in [0.1, 0.15) is 6.04 Å². The molecule has 4 nitrogen and oxygen atoms in total. The fourth-order valence-electron chi connectivity index (χ4n) is 3.12. The van der Waals surface area contributed by atoms with Gasteiger partial charge in [0.2, 0.25) is 11.8 Å². The van der Waals surface area contributed by atoms with Crippen LogP contribution in [0.2, 0.25) is 10.0 Å². The van der Waals surface area contributed by atoms with Crippen molar-refractivity contribution < 1.29 is 9.59 Å². The number of halogens is 2. The van der Waals surface area contributed by atoms with Crippen LogP contribution in [0.5, 0.6) is 0 Å². The molecular weight excluding hydrogens is 407 g/mol. The highest BCUT2D eigenvalue weighted by atomic mass is 35.5. The van der Waals surface area contributed by atoms with E-state index in [0.717, 1.165) is 16.7 Å². The van der Waals surface area contributed by atoms with Crippen molar-refractivity contribution in [3.63, 3.8) is 0 Å². The van der Waals surface area contributed by atoms with Crippen LogP contribution in [-0.4, -0.2) is 28.8 Å². The smallest absolute Gasteiger partial charge is 0.243 e. The van der Waals surface area contributed by atoms with Crippen LogP contribution in [0.4, 0.5) is 0 Å². The molecule has 156 valence electrons. The Morgan fingerprint density at radius 2 is 1.62 bits per heavy atom. The minimum atomic E-state index is -0.565. The van der Waals surface area contributed by atoms with E-state index in [1.807, 2.05) is 58.0 Å². The molecule has 29 heavy (non-hydrogen) atoms. The molecule has 1 atom stereocenters. The summed E-state index contributed by atoms with van der Waals surface area (Å²) in [6.07, 6.45) is 0.743. The third-order valence-electron chi connectivity index (χ3n) is 4.63. The van der Waals surface area contributed by atoms with Gasteiger partial charge in [-0.15, -0.1) is 0 Å². The molecule has 1 unspecified atom stereocenters. The van der Waals surface area contributed by atoms with Crippen LogP contribution in [0.1, 0.15) is 43.9 Å². The first-order chi connectivity index (χ1) is 13.7. The van der Waals surface area contributed by atoms with Gasteiger partial charge in [-0.2, -0.15) is 0 Å². The lowest BCUT2D eigenvalue weighted by Crippen LogP contribution is -2.50. The predicted octanol–water partition coefficient (Wildman–Crippen LogP) is 5.18. The molecule has 0 aromatic heterocycles. The Morgan fingerprint density at radius 1 is 1.00 bits per heavy atom. The van der Waals surface area contributed by atoms with Crippen molar-refractivity contribution in [3.8, 4) is 0 Å². The van der Waals surface area contributed by atoms with Gasteiger partial charge in [-0.05, 0) is 50.5 Å². The summed E-state index contributed by atoms with van der Waals surface area (Å²) in [6, 6.07) is 12.6. The molecule has 1 N–H and O–H groups in total. The lowest BCUT2D eigenvalue weighted by atomic mass is 10.1. The highest BCUT2D eigenvalue weighted by molar-refractivity contribution is 6.42. The Bertz CT molecular complexity index is 850. The van der Waals surface area contributed by atoms with Gasteiger partial charge >= 0.3 is 0 Å². The quantitative estimate of drug-likeness (QED) is 0.622. The molecule has 0 aliphatic rings. The normalized spacial score (nSPS) is 12.0. The van der Waals surface area contributed by atoms with Crippen LogP contribution < -0.4 is 5.32 Å². The van der Waals surface area contributed by atoms with Crippen LogP contribution in [0, 0.1) is 6.92 Å². The maximum Gasteiger partial charge on any atom is 0.243 e. The Hall–Kier alpha value is -2.04. The maximum atomic E-state index is 13.2. The summed E-state index contributed by atoms with van der Waals surface area (Å²) in [5.74, 6) is -0.259. The molecule has 0 spiro atoms. The van der Waals surface area contributed by atoms with Gasteiger partial charge in [-0.1, -0.05) is 66.0 Å². The van der Waals surface area contributed by atoms with Gasteiger partial charge in [0, 0.05) is 12.6 Å². The Kier molecular flexibility index (Phi) is 8.54. The highest BCUT2D eigenvalue weighted by Crippen LogP contribution is 2.24. The number of benzene rings is 2. The number of hydrogen-bond acceptors (Lipinski definition) is 2. The zero-order chi connectivity index (χ0) is 21.6. The minimum Gasteiger partial charge on any atom is -0.352 e. The Labute approximate surface area is 183 Å². The van der Waals surface area contributed by atoms with Crippen LogP contribution in [-0.2, 0) is 22.6 Å². The van der Waals surface area contributed by atoms with Gasteiger partial charge in [-0.25, -0.2) is 0 Å². The summed E-state index contributed by atoms with van der Waals surface area (Å²) in [5.41, 5.74) is 2.88. The summed E-state index contributed by atoms with van der Waals surface area (Å²) in [6.45, 7) is 8.01. The number of carbonyl (C=O) groups excluding carboxylic acids is 2. The minimum absolute atomic E-state index is 0.00410. The second-order valence-corrected chi connectivity index (χ2v) is 8.33. The number of nitrogens with zero attached hydrogens (tertiary/aromatic N) is 1. The third-order valence-corrected chi connectivity index (χ3v) is 5.37. The fourth-order valence-corrected chi connectivity index (χ4v) is 3.44. The average molecular weight is 435 g/mol. The first kappa shape index (κ1) is 23.2. The van der Waals surface area contributed by atoms with Gasteiger partial charge in [0.05, 0.1) is 16.5 Å². The topological polar surface area (TPSA) is 49.4 Å². The van der Waals surface area contributed by atoms with E-state index in [4.69, 9.17) is 23.2 Å². The average Bonchev–Trinajstić information content (AvgIpc) is 2.65. The van der Waals surface area contributed by atoms with E-state index >= 15 is 0 Å². The molecule has 6 heteroatoms. The van der Waals surface area contributed by atoms with Gasteiger partial charge in [-0.3, -0.25) is 9.59 Å². The molecule has 0 bridgehead atoms. The molecule has 0 saturated carbocycles. The van der Waals surface area contributed by atoms with Gasteiger partial charge in [0.25, 0.3) is 0 Å². The van der Waals surface area contributed by atoms with E-state index in [2.05, 4.69) is 5.32 Å². The van der Waals surface area contributed by atoms with E-state index in [1.165, 1.54) is 0 Å². The van der Waals surface area contributed by atoms with Crippen molar-refractivity contribution >= 4 is 35.0 Å². The van der Waals surface area contributed by atoms with E-state index in [0.29, 0.717) is 16.5 Å². The summed E-state index contributed by atoms with van der Waals surface area (Å²) >= 11 is 12.2. The molecule has 0 heterocycles. The standard InChI is InChI=1S/C23H28Cl2N2O2/c1-5-21(23(29)26-15(2)3)27(14-18-10-11-19(24)20(25)12-18)22(28)13-17-8-6-16(4)7-9-17/h6-12,15,21H,5,13-14H2,1-4H3,(H,26,29). The highest BCUT2D eigenvalue weighted by Gasteiger charge is 2.29. The first-order valence-electron chi connectivity index (χ1n) is 9.80. The second-order valence-electron chi connectivity index (χ2n) is 7.52. The second kappa shape index (κ2) is 10.7. The largest absolute Gasteiger partial charge is 0.352 e. The van der Waals surface area contributed by atoms with Gasteiger partial charge in [0.15, 0.2) is 0 Å². The van der Waals surface area contributed by atoms with Crippen LogP contribution in [0.3, 0.4) is 0 Å². The van der Waals surface area contributed by atoms with Crippen LogP contribution in [0.25, 0.3) is 0 Å². The molecule has 2 aromatic rings. The Morgan fingerprint density at radius 3 is 2.17 bits per heavy atom. The lowest BCUT2D eigenvalue weighted by molar-refractivity contribution is -0.141. The molecule has 0 radical (unpaired) electrons. The van der Waals surface area contributed by atoms with Crippen LogP contribution in [0.15, 0.2) is 42.5 Å². The summed E-state index contributed by atoms with van der Waals surface area (Å²) < 4.78 is 0. The predicted molar refractivity (Wildman–Crippen MR) is 119 cm³/mol. The number of rotatable bonds is 8. The summed E-state index contributed by atoms with van der Waals surface area (Å²) in [7, 11) is 0. The van der Waals surface area contributed by atoms with Crippen molar-refractivity contribution in [2.45, 2.75) is 59.2 Å². The molecule has 2 aromatic carbocycles. The van der Waals surface area contributed by atoms with E-state index in [1.54, 1.807) is 17.0 Å². The van der Waals surface area contributed by atoms with Crippen molar-refractivity contribution in [2.75, 3.05) is 0 Å².